The number of benzene rings is 7. The van der Waals surface area contributed by atoms with Gasteiger partial charge in [-0.2, -0.15) is 0 Å². The second-order valence-corrected chi connectivity index (χ2v) is 12.4. The van der Waals surface area contributed by atoms with E-state index in [-0.39, 0.29) is 0 Å². The van der Waals surface area contributed by atoms with Crippen molar-refractivity contribution in [3.05, 3.63) is 175 Å². The molecule has 9 rings (SSSR count). The lowest BCUT2D eigenvalue weighted by atomic mass is 9.83. The van der Waals surface area contributed by atoms with Crippen LogP contribution in [-0.2, 0) is 0 Å². The third-order valence-electron chi connectivity index (χ3n) is 9.68. The summed E-state index contributed by atoms with van der Waals surface area (Å²) in [6.07, 6.45) is 8.96. The first kappa shape index (κ1) is 26.7. The van der Waals surface area contributed by atoms with Gasteiger partial charge in [0.1, 0.15) is 0 Å². The lowest BCUT2D eigenvalue weighted by molar-refractivity contribution is 1.06. The predicted octanol–water partition coefficient (Wildman–Crippen LogP) is 13.1. The molecule has 0 heterocycles. The minimum absolute atomic E-state index is 1.06. The normalized spacial score (nSPS) is 13.1. The highest BCUT2D eigenvalue weighted by Crippen LogP contribution is 2.45. The fraction of sp³-hybridized carbons (Fsp3) is 0.0435. The summed E-state index contributed by atoms with van der Waals surface area (Å²) < 4.78 is 0. The summed E-state index contributed by atoms with van der Waals surface area (Å²) in [4.78, 5) is 0. The molecule has 0 nitrogen and oxygen atoms in total. The van der Waals surface area contributed by atoms with Gasteiger partial charge in [-0.25, -0.2) is 0 Å². The van der Waals surface area contributed by atoms with Crippen LogP contribution in [0, 0.1) is 0 Å². The summed E-state index contributed by atoms with van der Waals surface area (Å²) in [5.41, 5.74) is 7.84. The van der Waals surface area contributed by atoms with Gasteiger partial charge in [-0.05, 0) is 112 Å². The standard InChI is InChI=1S/C46H32/c1-3-15-32(16-4-1)45-40-22-9-10-23-41(40)46(33-17-5-2-6-18-33)43-30-36(25-26-42(43)45)37-27-28-38-35-21-11-14-31(29-35)13-7-8-19-34-20-12-24-39(37)44(34)38/h1-3,5-15,17-30H,4,16H2. The molecule has 8 aromatic rings. The van der Waals surface area contributed by atoms with Gasteiger partial charge in [-0.1, -0.05) is 158 Å². The average molecular weight is 585 g/mol. The zero-order valence-electron chi connectivity index (χ0n) is 25.6. The highest BCUT2D eigenvalue weighted by Gasteiger charge is 2.19. The summed E-state index contributed by atoms with van der Waals surface area (Å²) in [5, 5.41) is 12.8. The first-order chi connectivity index (χ1) is 22.8. The highest BCUT2D eigenvalue weighted by molar-refractivity contribution is 6.22. The maximum Gasteiger partial charge on any atom is -0.00262 e. The summed E-state index contributed by atoms with van der Waals surface area (Å²) in [6.45, 7) is 0. The number of fused-ring (bicyclic) bond motifs is 5. The molecule has 0 heteroatoms. The van der Waals surface area contributed by atoms with E-state index in [0.717, 1.165) is 12.8 Å². The van der Waals surface area contributed by atoms with Crippen LogP contribution in [0.25, 0.3) is 81.7 Å². The molecule has 0 amide bonds. The van der Waals surface area contributed by atoms with Gasteiger partial charge in [0.25, 0.3) is 0 Å². The van der Waals surface area contributed by atoms with Crippen LogP contribution < -0.4 is 0 Å². The molecule has 2 bridgehead atoms. The van der Waals surface area contributed by atoms with E-state index < -0.39 is 0 Å². The minimum Gasteiger partial charge on any atom is -0.0842 e. The summed E-state index contributed by atoms with van der Waals surface area (Å²) >= 11 is 0. The molecule has 216 valence electrons. The highest BCUT2D eigenvalue weighted by atomic mass is 14.2. The number of allylic oxidation sites excluding steroid dienone is 4. The van der Waals surface area contributed by atoms with Gasteiger partial charge in [0, 0.05) is 0 Å². The molecular weight excluding hydrogens is 553 g/mol. The molecule has 0 aromatic heterocycles. The number of hydrogen-bond acceptors (Lipinski definition) is 0. The molecule has 0 N–H and O–H groups in total. The molecule has 0 aliphatic heterocycles. The van der Waals surface area contributed by atoms with Crippen molar-refractivity contribution < 1.29 is 0 Å². The second kappa shape index (κ2) is 11.0. The Kier molecular flexibility index (Phi) is 6.39. The fourth-order valence-corrected chi connectivity index (χ4v) is 7.62. The van der Waals surface area contributed by atoms with Gasteiger partial charge in [0.15, 0.2) is 0 Å². The Morgan fingerprint density at radius 3 is 1.96 bits per heavy atom. The maximum atomic E-state index is 2.45. The maximum absolute atomic E-state index is 2.45. The van der Waals surface area contributed by atoms with Crippen LogP contribution in [0.2, 0.25) is 0 Å². The quantitative estimate of drug-likeness (QED) is 0.181. The average Bonchev–Trinajstić information content (AvgIpc) is 3.12. The van der Waals surface area contributed by atoms with Crippen molar-refractivity contribution in [2.24, 2.45) is 0 Å². The van der Waals surface area contributed by atoms with E-state index in [1.807, 2.05) is 0 Å². The summed E-state index contributed by atoms with van der Waals surface area (Å²) in [5.74, 6) is 0. The molecule has 46 heavy (non-hydrogen) atoms. The Bertz CT molecular complexity index is 2560. The van der Waals surface area contributed by atoms with Crippen LogP contribution in [0.3, 0.4) is 0 Å². The molecule has 0 saturated carbocycles. The van der Waals surface area contributed by atoms with E-state index in [0.29, 0.717) is 0 Å². The Labute approximate surface area is 269 Å². The van der Waals surface area contributed by atoms with Crippen LogP contribution >= 0.6 is 0 Å². The first-order valence-electron chi connectivity index (χ1n) is 16.2. The van der Waals surface area contributed by atoms with Gasteiger partial charge in [0.05, 0.1) is 0 Å². The number of rotatable bonds is 3. The molecule has 1 aliphatic carbocycles. The van der Waals surface area contributed by atoms with Gasteiger partial charge in [-0.15, -0.1) is 0 Å². The topological polar surface area (TPSA) is 0 Å². The zero-order valence-corrected chi connectivity index (χ0v) is 25.6. The predicted molar refractivity (Wildman–Crippen MR) is 200 cm³/mol. The lowest BCUT2D eigenvalue weighted by Gasteiger charge is -2.21. The number of hydrogen-bond donors (Lipinski definition) is 0. The van der Waals surface area contributed by atoms with Gasteiger partial charge < -0.3 is 0 Å². The Balaban J connectivity index is 1.40. The molecule has 1 aliphatic rings. The monoisotopic (exact) mass is 584 g/mol. The van der Waals surface area contributed by atoms with Crippen molar-refractivity contribution in [2.75, 3.05) is 0 Å². The van der Waals surface area contributed by atoms with Crippen molar-refractivity contribution in [3.8, 4) is 22.3 Å². The van der Waals surface area contributed by atoms with E-state index in [1.165, 1.54) is 87.3 Å². The van der Waals surface area contributed by atoms with Crippen molar-refractivity contribution in [2.45, 2.75) is 12.8 Å². The largest absolute Gasteiger partial charge is 0.0842 e. The third-order valence-corrected chi connectivity index (χ3v) is 9.68. The molecule has 0 spiro atoms. The minimum atomic E-state index is 1.06. The molecule has 0 saturated heterocycles. The van der Waals surface area contributed by atoms with E-state index in [2.05, 4.69) is 170 Å². The van der Waals surface area contributed by atoms with E-state index in [9.17, 15) is 0 Å². The summed E-state index contributed by atoms with van der Waals surface area (Å²) in [6, 6.07) is 56.1. The zero-order chi connectivity index (χ0) is 30.5. The van der Waals surface area contributed by atoms with Crippen LogP contribution in [0.15, 0.2) is 170 Å². The smallest absolute Gasteiger partial charge is 0.00262 e. The van der Waals surface area contributed by atoms with E-state index in [1.54, 1.807) is 0 Å². The van der Waals surface area contributed by atoms with Gasteiger partial charge >= 0.3 is 0 Å². The molecule has 0 fully saturated rings. The van der Waals surface area contributed by atoms with Crippen molar-refractivity contribution in [1.82, 2.24) is 0 Å². The molecule has 0 unspecified atom stereocenters. The third kappa shape index (κ3) is 4.37. The fourth-order valence-electron chi connectivity index (χ4n) is 7.62. The van der Waals surface area contributed by atoms with E-state index in [4.69, 9.17) is 0 Å². The summed E-state index contributed by atoms with van der Waals surface area (Å²) in [7, 11) is 0. The lowest BCUT2D eigenvalue weighted by Crippen LogP contribution is -1.96. The SMILES string of the molecule is C1=CCCC(c2c3ccccc3c(-c3ccccc3)c3cc(-c4ccc5c6cccc(ccccc7cccc4c75)c6)ccc23)=C1. The van der Waals surface area contributed by atoms with Crippen LogP contribution in [0.5, 0.6) is 0 Å². The van der Waals surface area contributed by atoms with Gasteiger partial charge in [-0.3, -0.25) is 0 Å². The van der Waals surface area contributed by atoms with Crippen molar-refractivity contribution in [1.29, 1.82) is 0 Å². The van der Waals surface area contributed by atoms with Crippen LogP contribution in [0.1, 0.15) is 18.4 Å². The Morgan fingerprint density at radius 2 is 1.09 bits per heavy atom. The van der Waals surface area contributed by atoms with Gasteiger partial charge in [0.2, 0.25) is 0 Å². The molecule has 8 aromatic carbocycles. The Morgan fingerprint density at radius 1 is 0.413 bits per heavy atom. The Hall–Kier alpha value is -5.72. The first-order valence-corrected chi connectivity index (χ1v) is 16.2. The molecule has 0 atom stereocenters. The van der Waals surface area contributed by atoms with Crippen molar-refractivity contribution >= 4 is 59.4 Å². The second-order valence-electron chi connectivity index (χ2n) is 12.4. The molecular formula is C46H32. The van der Waals surface area contributed by atoms with Crippen LogP contribution in [-0.4, -0.2) is 0 Å². The molecule has 0 radical (unpaired) electrons. The van der Waals surface area contributed by atoms with Crippen molar-refractivity contribution in [3.63, 3.8) is 0 Å². The van der Waals surface area contributed by atoms with Crippen LogP contribution in [0.4, 0.5) is 0 Å². The van der Waals surface area contributed by atoms with E-state index >= 15 is 0 Å².